The highest BCUT2D eigenvalue weighted by Crippen LogP contribution is 2.38. The summed E-state index contributed by atoms with van der Waals surface area (Å²) in [6, 6.07) is 28.1. The molecular formula is C49H50FN5O11. The molecule has 0 unspecified atom stereocenters. The van der Waals surface area contributed by atoms with Gasteiger partial charge in [-0.2, -0.15) is 0 Å². The van der Waals surface area contributed by atoms with E-state index in [0.717, 1.165) is 5.69 Å². The van der Waals surface area contributed by atoms with Gasteiger partial charge < -0.3 is 54.4 Å². The normalized spacial score (nSPS) is 10.8. The van der Waals surface area contributed by atoms with Crippen LogP contribution < -0.4 is 54.4 Å². The molecule has 0 heterocycles. The van der Waals surface area contributed by atoms with E-state index in [0.29, 0.717) is 39.7 Å². The van der Waals surface area contributed by atoms with Gasteiger partial charge in [0.25, 0.3) is 5.69 Å². The number of nitrogens with one attached hydrogen (secondary N) is 2. The fourth-order valence-corrected chi connectivity index (χ4v) is 6.50. The SMILES string of the molecule is COc1cc(OC(=O)c2ccc(NCOc3cc(Nc4ccc(N(C)C)cc4OC(C)C)cc(F)c3N)cc2OC(C)C)ccc1C(=O)Oc1ccc(-c2ccc([N+](=O)[O-])cc2)c(OC)c1. The van der Waals surface area contributed by atoms with Crippen molar-refractivity contribution in [1.82, 2.24) is 0 Å². The van der Waals surface area contributed by atoms with E-state index in [-0.39, 0.29) is 70.2 Å². The number of benzene rings is 6. The van der Waals surface area contributed by atoms with Crippen molar-refractivity contribution in [3.63, 3.8) is 0 Å². The Labute approximate surface area is 381 Å². The van der Waals surface area contributed by atoms with E-state index < -0.39 is 22.7 Å². The Morgan fingerprint density at radius 3 is 1.91 bits per heavy atom. The van der Waals surface area contributed by atoms with Gasteiger partial charge in [-0.05, 0) is 100.0 Å². The summed E-state index contributed by atoms with van der Waals surface area (Å²) < 4.78 is 55.3. The van der Waals surface area contributed by atoms with Gasteiger partial charge in [0.2, 0.25) is 0 Å². The molecule has 4 N–H and O–H groups in total. The third-order valence-electron chi connectivity index (χ3n) is 9.66. The van der Waals surface area contributed by atoms with Crippen LogP contribution in [0.4, 0.5) is 38.5 Å². The van der Waals surface area contributed by atoms with E-state index >= 15 is 4.39 Å². The third kappa shape index (κ3) is 11.7. The molecule has 0 fully saturated rings. The van der Waals surface area contributed by atoms with Gasteiger partial charge in [0.1, 0.15) is 57.1 Å². The summed E-state index contributed by atoms with van der Waals surface area (Å²) in [6.45, 7) is 7.31. The quantitative estimate of drug-likeness (QED) is 0.0173. The molecule has 0 atom stereocenters. The number of anilines is 5. The van der Waals surface area contributed by atoms with Crippen LogP contribution in [0.25, 0.3) is 11.1 Å². The molecule has 66 heavy (non-hydrogen) atoms. The minimum atomic E-state index is -0.761. The summed E-state index contributed by atoms with van der Waals surface area (Å²) in [7, 11) is 6.66. The Morgan fingerprint density at radius 1 is 0.697 bits per heavy atom. The number of nitro benzene ring substituents is 1. The zero-order chi connectivity index (χ0) is 47.7. The number of non-ortho nitro benzene ring substituents is 1. The number of hydrogen-bond acceptors (Lipinski definition) is 15. The first-order valence-corrected chi connectivity index (χ1v) is 20.6. The third-order valence-corrected chi connectivity index (χ3v) is 9.66. The van der Waals surface area contributed by atoms with Gasteiger partial charge in [0, 0.05) is 79.2 Å². The molecule has 6 aromatic carbocycles. The summed E-state index contributed by atoms with van der Waals surface area (Å²) in [4.78, 5) is 39.5. The summed E-state index contributed by atoms with van der Waals surface area (Å²) in [6.07, 6.45) is -0.426. The molecular weight excluding hydrogens is 854 g/mol. The summed E-state index contributed by atoms with van der Waals surface area (Å²) in [5, 5.41) is 17.4. The Kier molecular flexibility index (Phi) is 15.0. The predicted octanol–water partition coefficient (Wildman–Crippen LogP) is 10.3. The molecule has 0 aliphatic rings. The molecule has 6 rings (SSSR count). The van der Waals surface area contributed by atoms with Crippen LogP contribution in [0.2, 0.25) is 0 Å². The van der Waals surface area contributed by atoms with Gasteiger partial charge in [-0.1, -0.05) is 0 Å². The summed E-state index contributed by atoms with van der Waals surface area (Å²) in [5.41, 5.74) is 9.74. The molecule has 0 radical (unpaired) electrons. The maximum atomic E-state index is 15.1. The molecule has 6 aromatic rings. The zero-order valence-corrected chi connectivity index (χ0v) is 37.6. The maximum Gasteiger partial charge on any atom is 0.347 e. The number of carbonyl (C=O) groups is 2. The minimum absolute atomic E-state index is 0.0463. The highest BCUT2D eigenvalue weighted by atomic mass is 19.1. The van der Waals surface area contributed by atoms with Crippen LogP contribution in [0.3, 0.4) is 0 Å². The van der Waals surface area contributed by atoms with Crippen LogP contribution >= 0.6 is 0 Å². The van der Waals surface area contributed by atoms with E-state index in [4.69, 9.17) is 38.9 Å². The first-order valence-electron chi connectivity index (χ1n) is 20.6. The van der Waals surface area contributed by atoms with Gasteiger partial charge in [-0.25, -0.2) is 14.0 Å². The molecule has 17 heteroatoms. The number of nitrogen functional groups attached to an aromatic ring is 1. The number of halogens is 1. The molecule has 0 aliphatic carbocycles. The molecule has 0 amide bonds. The van der Waals surface area contributed by atoms with Crippen molar-refractivity contribution in [3.05, 3.63) is 136 Å². The molecule has 16 nitrogen and oxygen atoms in total. The molecule has 0 saturated carbocycles. The van der Waals surface area contributed by atoms with Crippen LogP contribution in [0.5, 0.6) is 40.2 Å². The molecule has 344 valence electrons. The molecule has 0 saturated heterocycles. The van der Waals surface area contributed by atoms with Crippen molar-refractivity contribution in [1.29, 1.82) is 0 Å². The van der Waals surface area contributed by atoms with Crippen LogP contribution in [-0.2, 0) is 0 Å². The topological polar surface area (TPSA) is 195 Å². The summed E-state index contributed by atoms with van der Waals surface area (Å²) >= 11 is 0. The van der Waals surface area contributed by atoms with E-state index in [9.17, 15) is 19.7 Å². The zero-order valence-electron chi connectivity index (χ0n) is 37.6. The first-order chi connectivity index (χ1) is 31.5. The standard InChI is InChI=1S/C49H50FN5O11/c1-28(2)63-44-22-31(52-27-62-46-23-32(21-40(50)47(46)51)53-41-20-14-34(54(5)6)24-45(41)64-29(3)4)11-17-39(44)49(57)66-36-16-19-38(43(26-36)61-8)48(56)65-35-15-18-37(42(25-35)60-7)30-9-12-33(13-10-30)55(58)59/h9-26,28-29,52-53H,27,51H2,1-8H3. The summed E-state index contributed by atoms with van der Waals surface area (Å²) in [5.74, 6) is -0.632. The Balaban J connectivity index is 1.12. The molecule has 0 aliphatic heterocycles. The van der Waals surface area contributed by atoms with Crippen LogP contribution in [0.15, 0.2) is 109 Å². The predicted molar refractivity (Wildman–Crippen MR) is 250 cm³/mol. The van der Waals surface area contributed by atoms with Crippen LogP contribution in [-0.4, -0.2) is 64.1 Å². The van der Waals surface area contributed by atoms with Crippen molar-refractivity contribution in [2.45, 2.75) is 39.9 Å². The Hall–Kier alpha value is -8.21. The second kappa shape index (κ2) is 21.0. The number of carbonyl (C=O) groups excluding carboxylic acids is 2. The highest BCUT2D eigenvalue weighted by molar-refractivity contribution is 5.96. The Morgan fingerprint density at radius 2 is 1.29 bits per heavy atom. The average Bonchev–Trinajstić information content (AvgIpc) is 3.28. The number of ether oxygens (including phenoxy) is 7. The van der Waals surface area contributed by atoms with E-state index in [1.807, 2.05) is 51.0 Å². The van der Waals surface area contributed by atoms with Crippen LogP contribution in [0.1, 0.15) is 48.4 Å². The molecule has 0 aromatic heterocycles. The highest BCUT2D eigenvalue weighted by Gasteiger charge is 2.22. The van der Waals surface area contributed by atoms with Gasteiger partial charge >= 0.3 is 11.9 Å². The molecule has 0 bridgehead atoms. The van der Waals surface area contributed by atoms with Crippen LogP contribution in [0, 0.1) is 15.9 Å². The number of nitro groups is 1. The van der Waals surface area contributed by atoms with Crippen molar-refractivity contribution in [2.75, 3.05) is 56.3 Å². The number of rotatable bonds is 19. The fourth-order valence-electron chi connectivity index (χ4n) is 6.50. The first kappa shape index (κ1) is 47.3. The van der Waals surface area contributed by atoms with E-state index in [1.54, 1.807) is 56.3 Å². The van der Waals surface area contributed by atoms with Crippen molar-refractivity contribution in [2.24, 2.45) is 0 Å². The second-order valence-electron chi connectivity index (χ2n) is 15.4. The van der Waals surface area contributed by atoms with E-state index in [1.165, 1.54) is 62.8 Å². The lowest BCUT2D eigenvalue weighted by molar-refractivity contribution is -0.384. The number of nitrogens with two attached hydrogens (primary N) is 1. The number of methoxy groups -OCH3 is 2. The van der Waals surface area contributed by atoms with Gasteiger partial charge in [0.15, 0.2) is 12.5 Å². The van der Waals surface area contributed by atoms with Crippen molar-refractivity contribution < 1.29 is 52.1 Å². The average molecular weight is 904 g/mol. The van der Waals surface area contributed by atoms with Crippen molar-refractivity contribution >= 4 is 46.1 Å². The largest absolute Gasteiger partial charge is 0.496 e. The smallest absolute Gasteiger partial charge is 0.347 e. The molecule has 0 spiro atoms. The number of nitrogens with zero attached hydrogens (tertiary/aromatic N) is 2. The van der Waals surface area contributed by atoms with Gasteiger partial charge in [-0.3, -0.25) is 10.1 Å². The lowest BCUT2D eigenvalue weighted by Crippen LogP contribution is -2.16. The lowest BCUT2D eigenvalue weighted by Gasteiger charge is -2.20. The minimum Gasteiger partial charge on any atom is -0.496 e. The van der Waals surface area contributed by atoms with Crippen molar-refractivity contribution in [3.8, 4) is 51.4 Å². The number of hydrogen-bond donors (Lipinski definition) is 3. The maximum absolute atomic E-state index is 15.1. The lowest BCUT2D eigenvalue weighted by atomic mass is 10.0. The second-order valence-corrected chi connectivity index (χ2v) is 15.4. The fraction of sp³-hybridized carbons (Fsp3) is 0.224. The monoisotopic (exact) mass is 903 g/mol. The van der Waals surface area contributed by atoms with E-state index in [2.05, 4.69) is 10.6 Å². The Bertz CT molecular complexity index is 2730. The number of esters is 2. The van der Waals surface area contributed by atoms with Gasteiger partial charge in [0.05, 0.1) is 37.0 Å². The van der Waals surface area contributed by atoms with Gasteiger partial charge in [-0.15, -0.1) is 0 Å².